The van der Waals surface area contributed by atoms with E-state index in [1.807, 2.05) is 0 Å². The molecule has 0 saturated carbocycles. The Morgan fingerprint density at radius 1 is 1.19 bits per heavy atom. The van der Waals surface area contributed by atoms with Gasteiger partial charge in [0.2, 0.25) is 0 Å². The molecule has 0 unspecified atom stereocenters. The third kappa shape index (κ3) is 3.20. The number of methoxy groups -OCH3 is 2. The van der Waals surface area contributed by atoms with Gasteiger partial charge in [-0.05, 0) is 24.3 Å². The van der Waals surface area contributed by atoms with Crippen molar-refractivity contribution in [1.82, 2.24) is 0 Å². The quantitative estimate of drug-likeness (QED) is 0.909. The van der Waals surface area contributed by atoms with Crippen LogP contribution < -0.4 is 14.8 Å². The van der Waals surface area contributed by atoms with E-state index in [9.17, 15) is 9.90 Å². The van der Waals surface area contributed by atoms with E-state index in [4.69, 9.17) is 21.1 Å². The normalized spacial score (nSPS) is 10.0. The van der Waals surface area contributed by atoms with Gasteiger partial charge in [-0.25, -0.2) is 0 Å². The first-order valence-corrected chi connectivity index (χ1v) is 6.45. The van der Waals surface area contributed by atoms with E-state index < -0.39 is 0 Å². The lowest BCUT2D eigenvalue weighted by atomic mass is 10.1. The Morgan fingerprint density at radius 3 is 2.57 bits per heavy atom. The average molecular weight is 308 g/mol. The van der Waals surface area contributed by atoms with Crippen molar-refractivity contribution in [2.24, 2.45) is 0 Å². The summed E-state index contributed by atoms with van der Waals surface area (Å²) < 4.78 is 10.4. The van der Waals surface area contributed by atoms with Gasteiger partial charge in [0.1, 0.15) is 5.75 Å². The number of anilines is 1. The van der Waals surface area contributed by atoms with Gasteiger partial charge in [0.15, 0.2) is 11.5 Å². The van der Waals surface area contributed by atoms with Crippen molar-refractivity contribution in [1.29, 1.82) is 0 Å². The molecule has 0 radical (unpaired) electrons. The van der Waals surface area contributed by atoms with Crippen molar-refractivity contribution in [3.05, 3.63) is 47.0 Å². The van der Waals surface area contributed by atoms with Crippen LogP contribution in [-0.2, 0) is 0 Å². The first-order chi connectivity index (χ1) is 10.1. The summed E-state index contributed by atoms with van der Waals surface area (Å²) in [5.74, 6) is 0.319. The summed E-state index contributed by atoms with van der Waals surface area (Å²) in [5.41, 5.74) is 0.748. The lowest BCUT2D eigenvalue weighted by Crippen LogP contribution is -2.13. The summed E-state index contributed by atoms with van der Waals surface area (Å²) in [6, 6.07) is 9.46. The second-order valence-electron chi connectivity index (χ2n) is 4.16. The fourth-order valence-electron chi connectivity index (χ4n) is 1.85. The highest BCUT2D eigenvalue weighted by Crippen LogP contribution is 2.32. The van der Waals surface area contributed by atoms with Crippen LogP contribution in [-0.4, -0.2) is 25.2 Å². The maximum absolute atomic E-state index is 12.3. The maximum atomic E-state index is 12.3. The van der Waals surface area contributed by atoms with Crippen LogP contribution in [0.1, 0.15) is 10.4 Å². The fraction of sp³-hybridized carbons (Fsp3) is 0.133. The summed E-state index contributed by atoms with van der Waals surface area (Å²) in [7, 11) is 2.96. The number of carbonyl (C=O) groups is 1. The highest BCUT2D eigenvalue weighted by molar-refractivity contribution is 6.32. The van der Waals surface area contributed by atoms with Crippen molar-refractivity contribution in [3.63, 3.8) is 0 Å². The third-order valence-electron chi connectivity index (χ3n) is 2.85. The number of ether oxygens (including phenoxy) is 2. The number of benzene rings is 2. The van der Waals surface area contributed by atoms with Gasteiger partial charge in [0.05, 0.1) is 24.8 Å². The van der Waals surface area contributed by atoms with E-state index in [0.29, 0.717) is 22.7 Å². The first-order valence-electron chi connectivity index (χ1n) is 6.07. The number of halogens is 1. The summed E-state index contributed by atoms with van der Waals surface area (Å²) in [6.45, 7) is 0. The molecule has 21 heavy (non-hydrogen) atoms. The number of rotatable bonds is 4. The van der Waals surface area contributed by atoms with E-state index in [1.165, 1.54) is 26.4 Å². The molecule has 0 aliphatic carbocycles. The van der Waals surface area contributed by atoms with Crippen LogP contribution in [0.3, 0.4) is 0 Å². The predicted molar refractivity (Wildman–Crippen MR) is 80.6 cm³/mol. The molecule has 6 heteroatoms. The Hall–Kier alpha value is -2.40. The lowest BCUT2D eigenvalue weighted by molar-refractivity contribution is 0.102. The Labute approximate surface area is 127 Å². The van der Waals surface area contributed by atoms with Gasteiger partial charge in [-0.1, -0.05) is 17.7 Å². The van der Waals surface area contributed by atoms with E-state index in [1.54, 1.807) is 24.3 Å². The smallest absolute Gasteiger partial charge is 0.259 e. The Bertz CT molecular complexity index is 673. The molecule has 1 amide bonds. The van der Waals surface area contributed by atoms with Crippen LogP contribution in [0.5, 0.6) is 17.2 Å². The summed E-state index contributed by atoms with van der Waals surface area (Å²) >= 11 is 5.72. The third-order valence-corrected chi connectivity index (χ3v) is 3.17. The first kappa shape index (κ1) is 15.0. The molecule has 0 aliphatic heterocycles. The zero-order chi connectivity index (χ0) is 15.4. The average Bonchev–Trinajstić information content (AvgIpc) is 2.49. The maximum Gasteiger partial charge on any atom is 0.259 e. The van der Waals surface area contributed by atoms with Crippen LogP contribution >= 0.6 is 11.6 Å². The zero-order valence-electron chi connectivity index (χ0n) is 11.5. The molecule has 0 bridgehead atoms. The number of amides is 1. The Morgan fingerprint density at radius 2 is 1.95 bits per heavy atom. The van der Waals surface area contributed by atoms with E-state index in [-0.39, 0.29) is 16.7 Å². The summed E-state index contributed by atoms with van der Waals surface area (Å²) in [4.78, 5) is 12.3. The Kier molecular flexibility index (Phi) is 4.55. The van der Waals surface area contributed by atoms with Crippen LogP contribution in [0.25, 0.3) is 0 Å². The molecule has 0 heterocycles. The Balaban J connectivity index is 2.30. The van der Waals surface area contributed by atoms with Gasteiger partial charge in [-0.2, -0.15) is 0 Å². The highest BCUT2D eigenvalue weighted by Gasteiger charge is 2.16. The molecule has 0 saturated heterocycles. The number of carbonyl (C=O) groups excluding carboxylic acids is 1. The molecule has 2 aromatic carbocycles. The number of aromatic hydroxyl groups is 1. The molecule has 0 spiro atoms. The minimum Gasteiger partial charge on any atom is -0.506 e. The van der Waals surface area contributed by atoms with Crippen molar-refractivity contribution < 1.29 is 19.4 Å². The molecule has 0 atom stereocenters. The van der Waals surface area contributed by atoms with Crippen molar-refractivity contribution in [2.75, 3.05) is 19.5 Å². The number of phenolic OH excluding ortho intramolecular Hbond substituents is 1. The van der Waals surface area contributed by atoms with Crippen LogP contribution in [0, 0.1) is 0 Å². The van der Waals surface area contributed by atoms with Crippen LogP contribution in [0.4, 0.5) is 5.69 Å². The molecular weight excluding hydrogens is 294 g/mol. The second-order valence-corrected chi connectivity index (χ2v) is 4.57. The van der Waals surface area contributed by atoms with Crippen molar-refractivity contribution >= 4 is 23.2 Å². The SMILES string of the molecule is COc1cccc(C(=O)Nc2ccc(Cl)c(O)c2)c1OC. The summed E-state index contributed by atoms with van der Waals surface area (Å²) in [5, 5.41) is 12.4. The minimum atomic E-state index is -0.382. The van der Waals surface area contributed by atoms with E-state index in [0.717, 1.165) is 0 Å². The monoisotopic (exact) mass is 307 g/mol. The van der Waals surface area contributed by atoms with Gasteiger partial charge in [0.25, 0.3) is 5.91 Å². The topological polar surface area (TPSA) is 67.8 Å². The molecular formula is C15H14ClNO4. The van der Waals surface area contributed by atoms with Gasteiger partial charge >= 0.3 is 0 Å². The number of phenols is 1. The molecule has 110 valence electrons. The van der Waals surface area contributed by atoms with Gasteiger partial charge < -0.3 is 19.9 Å². The molecule has 5 nitrogen and oxygen atoms in total. The van der Waals surface area contributed by atoms with Gasteiger partial charge in [-0.15, -0.1) is 0 Å². The molecule has 0 aliphatic rings. The summed E-state index contributed by atoms with van der Waals surface area (Å²) in [6.07, 6.45) is 0. The van der Waals surface area contributed by atoms with E-state index >= 15 is 0 Å². The van der Waals surface area contributed by atoms with Gasteiger partial charge in [0, 0.05) is 11.8 Å². The predicted octanol–water partition coefficient (Wildman–Crippen LogP) is 3.32. The molecule has 2 N–H and O–H groups in total. The lowest BCUT2D eigenvalue weighted by Gasteiger charge is -2.12. The minimum absolute atomic E-state index is 0.105. The van der Waals surface area contributed by atoms with Crippen LogP contribution in [0.15, 0.2) is 36.4 Å². The highest BCUT2D eigenvalue weighted by atomic mass is 35.5. The van der Waals surface area contributed by atoms with Crippen LogP contribution in [0.2, 0.25) is 5.02 Å². The molecule has 2 rings (SSSR count). The largest absolute Gasteiger partial charge is 0.506 e. The number of hydrogen-bond donors (Lipinski definition) is 2. The fourth-order valence-corrected chi connectivity index (χ4v) is 1.97. The molecule has 0 aromatic heterocycles. The van der Waals surface area contributed by atoms with E-state index in [2.05, 4.69) is 5.32 Å². The second kappa shape index (κ2) is 6.37. The number of nitrogens with one attached hydrogen (secondary N) is 1. The van der Waals surface area contributed by atoms with Gasteiger partial charge in [-0.3, -0.25) is 4.79 Å². The number of hydrogen-bond acceptors (Lipinski definition) is 4. The molecule has 2 aromatic rings. The van der Waals surface area contributed by atoms with Crippen molar-refractivity contribution in [3.8, 4) is 17.2 Å². The van der Waals surface area contributed by atoms with Crippen molar-refractivity contribution in [2.45, 2.75) is 0 Å². The zero-order valence-corrected chi connectivity index (χ0v) is 12.3. The standard InChI is InChI=1S/C15H14ClNO4/c1-20-13-5-3-4-10(14(13)21-2)15(19)17-9-6-7-11(16)12(18)8-9/h3-8,18H,1-2H3,(H,17,19). The number of para-hydroxylation sites is 1. The molecule has 0 fully saturated rings.